The molecule has 220 valence electrons. The van der Waals surface area contributed by atoms with E-state index in [4.69, 9.17) is 4.74 Å². The molecule has 2 fully saturated rings. The van der Waals surface area contributed by atoms with Gasteiger partial charge in [-0.3, -0.25) is 9.69 Å². The third-order valence-electron chi connectivity index (χ3n) is 7.66. The van der Waals surface area contributed by atoms with Gasteiger partial charge in [0.1, 0.15) is 5.60 Å². The first-order valence-electron chi connectivity index (χ1n) is 13.9. The second-order valence-electron chi connectivity index (χ2n) is 11.6. The molecule has 2 aliphatic rings. The average molecular weight is 584 g/mol. The van der Waals surface area contributed by atoms with E-state index in [1.807, 2.05) is 20.8 Å². The van der Waals surface area contributed by atoms with Gasteiger partial charge < -0.3 is 14.7 Å². The highest BCUT2D eigenvalue weighted by Crippen LogP contribution is 2.32. The fraction of sp³-hybridized carbons (Fsp3) is 0.483. The highest BCUT2D eigenvalue weighted by Gasteiger charge is 2.35. The van der Waals surface area contributed by atoms with Crippen molar-refractivity contribution in [3.63, 3.8) is 0 Å². The number of carboxylic acid groups (broad SMARTS) is 1. The molecule has 0 radical (unpaired) electrons. The van der Waals surface area contributed by atoms with Gasteiger partial charge in [0.05, 0.1) is 23.0 Å². The Morgan fingerprint density at radius 2 is 1.71 bits per heavy atom. The van der Waals surface area contributed by atoms with Crippen molar-refractivity contribution < 1.29 is 27.9 Å². The number of sulfonamides is 1. The SMILES string of the molecule is CC(C)(C)OC(=O)N1CCN(C2CCN(S(=O)(=O)c3ccccc3-c3ccn4ncc(CC(=O)O)c4c3)CC2)CC1. The molecule has 0 unspecified atom stereocenters. The maximum absolute atomic E-state index is 13.9. The van der Waals surface area contributed by atoms with E-state index in [1.54, 1.807) is 56.3 Å². The van der Waals surface area contributed by atoms with Crippen LogP contribution in [0.15, 0.2) is 53.7 Å². The lowest BCUT2D eigenvalue weighted by Crippen LogP contribution is -2.55. The van der Waals surface area contributed by atoms with Gasteiger partial charge in [-0.2, -0.15) is 9.40 Å². The minimum absolute atomic E-state index is 0.169. The lowest BCUT2D eigenvalue weighted by molar-refractivity contribution is -0.136. The van der Waals surface area contributed by atoms with E-state index in [1.165, 1.54) is 6.20 Å². The van der Waals surface area contributed by atoms with Gasteiger partial charge in [-0.15, -0.1) is 0 Å². The minimum atomic E-state index is -3.77. The second-order valence-corrected chi connectivity index (χ2v) is 13.5. The number of ether oxygens (including phenoxy) is 1. The summed E-state index contributed by atoms with van der Waals surface area (Å²) in [5.41, 5.74) is 1.92. The van der Waals surface area contributed by atoms with Crippen molar-refractivity contribution >= 4 is 27.6 Å². The summed E-state index contributed by atoms with van der Waals surface area (Å²) < 4.78 is 36.4. The topological polar surface area (TPSA) is 125 Å². The number of nitrogens with zero attached hydrogens (tertiary/aromatic N) is 5. The number of carbonyl (C=O) groups is 2. The van der Waals surface area contributed by atoms with Gasteiger partial charge in [0.2, 0.25) is 10.0 Å². The number of pyridine rings is 1. The first-order valence-corrected chi connectivity index (χ1v) is 15.4. The number of piperidine rings is 1. The van der Waals surface area contributed by atoms with Crippen LogP contribution in [-0.4, -0.2) is 100 Å². The standard InChI is InChI=1S/C29H37N5O6S/c1-29(2,3)40-28(37)32-16-14-31(15-17-32)23-9-11-33(12-10-23)41(38,39)26-7-5-4-6-24(26)21-8-13-34-25(18-21)22(20-30-34)19-27(35)36/h4-8,13,18,20,23H,9-12,14-17,19H2,1-3H3,(H,35,36). The number of aliphatic carboxylic acids is 1. The normalized spacial score (nSPS) is 18.1. The number of amides is 1. The summed E-state index contributed by atoms with van der Waals surface area (Å²) in [7, 11) is -3.77. The van der Waals surface area contributed by atoms with Crippen molar-refractivity contribution in [3.8, 4) is 11.1 Å². The molecule has 2 aromatic heterocycles. The van der Waals surface area contributed by atoms with Crippen LogP contribution in [0, 0.1) is 0 Å². The molecule has 4 heterocycles. The number of hydrogen-bond acceptors (Lipinski definition) is 7. The van der Waals surface area contributed by atoms with Gasteiger partial charge in [-0.1, -0.05) is 18.2 Å². The van der Waals surface area contributed by atoms with Gasteiger partial charge in [0.15, 0.2) is 0 Å². The summed E-state index contributed by atoms with van der Waals surface area (Å²) in [6, 6.07) is 10.8. The first kappa shape index (κ1) is 29.0. The van der Waals surface area contributed by atoms with Gasteiger partial charge in [0, 0.05) is 62.6 Å². The summed E-state index contributed by atoms with van der Waals surface area (Å²) in [6.07, 6.45) is 4.22. The number of fused-ring (bicyclic) bond motifs is 1. The Balaban J connectivity index is 1.27. The predicted octanol–water partition coefficient (Wildman–Crippen LogP) is 3.33. The lowest BCUT2D eigenvalue weighted by atomic mass is 10.0. The molecule has 5 rings (SSSR count). The van der Waals surface area contributed by atoms with Crippen LogP contribution in [-0.2, 0) is 26.0 Å². The molecule has 2 aliphatic heterocycles. The monoisotopic (exact) mass is 583 g/mol. The highest BCUT2D eigenvalue weighted by molar-refractivity contribution is 7.89. The van der Waals surface area contributed by atoms with E-state index in [9.17, 15) is 23.1 Å². The van der Waals surface area contributed by atoms with Crippen molar-refractivity contribution in [1.82, 2.24) is 23.7 Å². The fourth-order valence-corrected chi connectivity index (χ4v) is 7.29. The highest BCUT2D eigenvalue weighted by atomic mass is 32.2. The van der Waals surface area contributed by atoms with Crippen LogP contribution in [0.3, 0.4) is 0 Å². The zero-order valence-corrected chi connectivity index (χ0v) is 24.5. The Morgan fingerprint density at radius 1 is 1.02 bits per heavy atom. The molecule has 11 nitrogen and oxygen atoms in total. The molecule has 1 N–H and O–H groups in total. The van der Waals surface area contributed by atoms with Crippen LogP contribution < -0.4 is 0 Å². The van der Waals surface area contributed by atoms with E-state index in [0.29, 0.717) is 61.2 Å². The number of piperazine rings is 1. The lowest BCUT2D eigenvalue weighted by Gasteiger charge is -2.42. The van der Waals surface area contributed by atoms with Gasteiger partial charge in [0.25, 0.3) is 0 Å². The molecule has 0 saturated carbocycles. The molecule has 1 amide bonds. The van der Waals surface area contributed by atoms with Crippen LogP contribution in [0.25, 0.3) is 16.6 Å². The van der Waals surface area contributed by atoms with Gasteiger partial charge >= 0.3 is 12.1 Å². The van der Waals surface area contributed by atoms with E-state index < -0.39 is 21.6 Å². The molecule has 0 spiro atoms. The van der Waals surface area contributed by atoms with E-state index >= 15 is 0 Å². The number of rotatable bonds is 6. The molecule has 41 heavy (non-hydrogen) atoms. The van der Waals surface area contributed by atoms with Gasteiger partial charge in [-0.05, 0) is 57.4 Å². The third-order valence-corrected chi connectivity index (χ3v) is 9.62. The smallest absolute Gasteiger partial charge is 0.410 e. The number of carboxylic acids is 1. The molecule has 2 saturated heterocycles. The van der Waals surface area contributed by atoms with Crippen LogP contribution in [0.2, 0.25) is 0 Å². The number of aromatic nitrogens is 2. The predicted molar refractivity (Wildman–Crippen MR) is 153 cm³/mol. The number of benzene rings is 1. The summed E-state index contributed by atoms with van der Waals surface area (Å²) in [5.74, 6) is -0.957. The molecular weight excluding hydrogens is 546 g/mol. The van der Waals surface area contributed by atoms with Crippen molar-refractivity contribution in [2.45, 2.75) is 56.6 Å². The van der Waals surface area contributed by atoms with Crippen LogP contribution in [0.1, 0.15) is 39.2 Å². The van der Waals surface area contributed by atoms with Crippen molar-refractivity contribution in [2.75, 3.05) is 39.3 Å². The molecule has 0 atom stereocenters. The second kappa shape index (κ2) is 11.4. The molecule has 1 aromatic carbocycles. The Hall–Kier alpha value is -3.48. The van der Waals surface area contributed by atoms with Gasteiger partial charge in [-0.25, -0.2) is 17.7 Å². The Bertz CT molecular complexity index is 1530. The summed E-state index contributed by atoms with van der Waals surface area (Å²) in [5, 5.41) is 13.5. The maximum Gasteiger partial charge on any atom is 0.410 e. The molecule has 12 heteroatoms. The zero-order valence-electron chi connectivity index (χ0n) is 23.7. The first-order chi connectivity index (χ1) is 19.4. The van der Waals surface area contributed by atoms with Crippen molar-refractivity contribution in [2.24, 2.45) is 0 Å². The van der Waals surface area contributed by atoms with Crippen molar-refractivity contribution in [1.29, 1.82) is 0 Å². The summed E-state index contributed by atoms with van der Waals surface area (Å²) in [6.45, 7) is 9.07. The fourth-order valence-electron chi connectivity index (χ4n) is 5.61. The largest absolute Gasteiger partial charge is 0.481 e. The van der Waals surface area contributed by atoms with E-state index in [-0.39, 0.29) is 23.5 Å². The molecule has 0 aliphatic carbocycles. The van der Waals surface area contributed by atoms with Crippen LogP contribution >= 0.6 is 0 Å². The summed E-state index contributed by atoms with van der Waals surface area (Å²) in [4.78, 5) is 28.0. The Morgan fingerprint density at radius 3 is 2.37 bits per heavy atom. The zero-order chi connectivity index (χ0) is 29.4. The Labute approximate surface area is 240 Å². The summed E-state index contributed by atoms with van der Waals surface area (Å²) >= 11 is 0. The van der Waals surface area contributed by atoms with Crippen LogP contribution in [0.5, 0.6) is 0 Å². The van der Waals surface area contributed by atoms with E-state index in [2.05, 4.69) is 10.00 Å². The van der Waals surface area contributed by atoms with Crippen molar-refractivity contribution in [3.05, 3.63) is 54.4 Å². The Kier molecular flexibility index (Phi) is 8.09. The number of carbonyl (C=O) groups excluding carboxylic acids is 1. The molecule has 3 aromatic rings. The minimum Gasteiger partial charge on any atom is -0.481 e. The van der Waals surface area contributed by atoms with Crippen LogP contribution in [0.4, 0.5) is 4.79 Å². The average Bonchev–Trinajstić information content (AvgIpc) is 3.33. The van der Waals surface area contributed by atoms with E-state index in [0.717, 1.165) is 13.1 Å². The molecular formula is C29H37N5O6S. The maximum atomic E-state index is 13.9. The third kappa shape index (κ3) is 6.39. The molecule has 0 bridgehead atoms. The quantitative estimate of drug-likeness (QED) is 0.469. The number of hydrogen-bond donors (Lipinski definition) is 1.